The number of methoxy groups -OCH3 is 1. The number of allylic oxidation sites excluding steroid dienone is 1. The number of aliphatic imine (C=N–C) groups is 1. The topological polar surface area (TPSA) is 62.6 Å². The molecule has 0 saturated carbocycles. The van der Waals surface area contributed by atoms with Gasteiger partial charge < -0.3 is 14.4 Å². The van der Waals surface area contributed by atoms with Crippen molar-refractivity contribution in [1.29, 1.82) is 0 Å². The lowest BCUT2D eigenvalue weighted by Gasteiger charge is -2.34. The van der Waals surface area contributed by atoms with Crippen LogP contribution in [0.3, 0.4) is 0 Å². The minimum atomic E-state index is 0.111. The maximum atomic E-state index is 5.46. The van der Waals surface area contributed by atoms with Crippen LogP contribution >= 0.6 is 0 Å². The molecule has 0 amide bonds. The van der Waals surface area contributed by atoms with Gasteiger partial charge >= 0.3 is 0 Å². The lowest BCUT2D eigenvalue weighted by molar-refractivity contribution is 0.0557. The van der Waals surface area contributed by atoms with Gasteiger partial charge in [0.1, 0.15) is 6.04 Å². The zero-order valence-corrected chi connectivity index (χ0v) is 14.5. The van der Waals surface area contributed by atoms with E-state index < -0.39 is 0 Å². The number of hydrogen-bond donors (Lipinski definition) is 0. The summed E-state index contributed by atoms with van der Waals surface area (Å²) in [7, 11) is 1.71. The largest absolute Gasteiger partial charge is 0.384 e. The molecule has 1 aromatic heterocycles. The van der Waals surface area contributed by atoms with E-state index in [4.69, 9.17) is 14.5 Å². The standard InChI is InChI=1S/C18H23N5O2/c1-24-9-5-15-3-2-14(12-19-15)17-13-20-18-16(4-6-21-23(17)18)22-7-10-25-11-8-22/h2-4,6,12,17H,5,7-11,13H2,1H3. The summed E-state index contributed by atoms with van der Waals surface area (Å²) in [4.78, 5) is 11.7. The van der Waals surface area contributed by atoms with E-state index >= 15 is 0 Å². The van der Waals surface area contributed by atoms with Gasteiger partial charge in [0.2, 0.25) is 0 Å². The SMILES string of the molecule is COCCc1ccc(C2CN=C3C(N4CCOCC4)=CC=NN32)cn1. The van der Waals surface area contributed by atoms with Crippen LogP contribution in [-0.4, -0.2) is 73.5 Å². The van der Waals surface area contributed by atoms with Gasteiger partial charge in [-0.15, -0.1) is 0 Å². The van der Waals surface area contributed by atoms with Gasteiger partial charge in [-0.05, 0) is 17.7 Å². The molecule has 0 bridgehead atoms. The molecule has 0 aromatic carbocycles. The van der Waals surface area contributed by atoms with Gasteiger partial charge in [-0.25, -0.2) is 5.01 Å². The lowest BCUT2D eigenvalue weighted by Crippen LogP contribution is -2.42. The van der Waals surface area contributed by atoms with Crippen LogP contribution in [0.2, 0.25) is 0 Å². The number of amidine groups is 1. The van der Waals surface area contributed by atoms with Crippen LogP contribution in [0.4, 0.5) is 0 Å². The minimum absolute atomic E-state index is 0.111. The summed E-state index contributed by atoms with van der Waals surface area (Å²) in [5, 5.41) is 6.59. The number of pyridine rings is 1. The Hall–Kier alpha value is -2.25. The molecule has 25 heavy (non-hydrogen) atoms. The Balaban J connectivity index is 1.48. The van der Waals surface area contributed by atoms with Crippen LogP contribution in [-0.2, 0) is 15.9 Å². The molecule has 132 valence electrons. The van der Waals surface area contributed by atoms with Gasteiger partial charge in [-0.1, -0.05) is 6.07 Å². The van der Waals surface area contributed by atoms with E-state index in [1.165, 1.54) is 0 Å². The third-order valence-corrected chi connectivity index (χ3v) is 4.73. The molecule has 7 heteroatoms. The fourth-order valence-corrected chi connectivity index (χ4v) is 3.34. The van der Waals surface area contributed by atoms with Crippen molar-refractivity contribution >= 4 is 12.1 Å². The maximum Gasteiger partial charge on any atom is 0.168 e. The highest BCUT2D eigenvalue weighted by atomic mass is 16.5. The number of ether oxygens (including phenoxy) is 2. The van der Waals surface area contributed by atoms with Gasteiger partial charge in [0, 0.05) is 44.7 Å². The van der Waals surface area contributed by atoms with Gasteiger partial charge in [-0.3, -0.25) is 9.98 Å². The van der Waals surface area contributed by atoms with Gasteiger partial charge in [0.15, 0.2) is 5.84 Å². The molecule has 0 radical (unpaired) electrons. The zero-order chi connectivity index (χ0) is 17.1. The van der Waals surface area contributed by atoms with Gasteiger partial charge in [-0.2, -0.15) is 5.10 Å². The Morgan fingerprint density at radius 3 is 2.92 bits per heavy atom. The van der Waals surface area contributed by atoms with E-state index in [1.807, 2.05) is 17.4 Å². The van der Waals surface area contributed by atoms with Gasteiger partial charge in [0.05, 0.1) is 32.1 Å². The Morgan fingerprint density at radius 1 is 1.28 bits per heavy atom. The first-order valence-corrected chi connectivity index (χ1v) is 8.71. The fourth-order valence-electron chi connectivity index (χ4n) is 3.34. The second-order valence-electron chi connectivity index (χ2n) is 6.27. The highest BCUT2D eigenvalue weighted by Gasteiger charge is 2.34. The third-order valence-electron chi connectivity index (χ3n) is 4.73. The van der Waals surface area contributed by atoms with Crippen LogP contribution in [0, 0.1) is 0 Å². The highest BCUT2D eigenvalue weighted by molar-refractivity contribution is 6.04. The summed E-state index contributed by atoms with van der Waals surface area (Å²) in [6.45, 7) is 4.70. The zero-order valence-electron chi connectivity index (χ0n) is 14.5. The van der Waals surface area contributed by atoms with Crippen LogP contribution in [0.15, 0.2) is 40.2 Å². The van der Waals surface area contributed by atoms with E-state index in [9.17, 15) is 0 Å². The van der Waals surface area contributed by atoms with Crippen LogP contribution < -0.4 is 0 Å². The van der Waals surface area contributed by atoms with Crippen molar-refractivity contribution in [2.24, 2.45) is 10.1 Å². The number of hydrogen-bond acceptors (Lipinski definition) is 7. The summed E-state index contributed by atoms with van der Waals surface area (Å²) in [5.74, 6) is 0.956. The van der Waals surface area contributed by atoms with Crippen molar-refractivity contribution in [2.75, 3.05) is 46.6 Å². The Labute approximate surface area is 147 Å². The molecular formula is C18H23N5O2. The van der Waals surface area contributed by atoms with Crippen molar-refractivity contribution in [1.82, 2.24) is 14.9 Å². The average molecular weight is 341 g/mol. The first-order valence-electron chi connectivity index (χ1n) is 8.71. The molecule has 0 aliphatic carbocycles. The van der Waals surface area contributed by atoms with Crippen molar-refractivity contribution < 1.29 is 9.47 Å². The Bertz CT molecular complexity index is 692. The first-order chi connectivity index (χ1) is 12.4. The molecule has 1 saturated heterocycles. The summed E-state index contributed by atoms with van der Waals surface area (Å²) in [5.41, 5.74) is 3.33. The maximum absolute atomic E-state index is 5.46. The van der Waals surface area contributed by atoms with Crippen molar-refractivity contribution in [3.8, 4) is 0 Å². The number of rotatable bonds is 5. The molecule has 4 rings (SSSR count). The second-order valence-corrected chi connectivity index (χ2v) is 6.27. The molecule has 1 atom stereocenters. The van der Waals surface area contributed by atoms with Crippen molar-refractivity contribution in [3.63, 3.8) is 0 Å². The predicted octanol–water partition coefficient (Wildman–Crippen LogP) is 1.24. The van der Waals surface area contributed by atoms with Crippen molar-refractivity contribution in [3.05, 3.63) is 41.4 Å². The van der Waals surface area contributed by atoms with E-state index in [0.29, 0.717) is 13.2 Å². The summed E-state index contributed by atoms with van der Waals surface area (Å²) >= 11 is 0. The molecule has 7 nitrogen and oxygen atoms in total. The minimum Gasteiger partial charge on any atom is -0.384 e. The molecule has 1 fully saturated rings. The van der Waals surface area contributed by atoms with Crippen LogP contribution in [0.5, 0.6) is 0 Å². The molecule has 4 heterocycles. The predicted molar refractivity (Wildman–Crippen MR) is 95.7 cm³/mol. The number of fused-ring (bicyclic) bond motifs is 1. The third kappa shape index (κ3) is 3.29. The molecule has 3 aliphatic rings. The molecule has 3 aliphatic heterocycles. The lowest BCUT2D eigenvalue weighted by atomic mass is 10.1. The molecular weight excluding hydrogens is 318 g/mol. The van der Waals surface area contributed by atoms with Crippen LogP contribution in [0.1, 0.15) is 17.3 Å². The van der Waals surface area contributed by atoms with Crippen LogP contribution in [0.25, 0.3) is 0 Å². The first kappa shape index (κ1) is 16.2. The fraction of sp³-hybridized carbons (Fsp3) is 0.500. The van der Waals surface area contributed by atoms with Crippen molar-refractivity contribution in [2.45, 2.75) is 12.5 Å². The Kier molecular flexibility index (Phi) is 4.76. The summed E-state index contributed by atoms with van der Waals surface area (Å²) in [6.07, 6.45) is 6.68. The van der Waals surface area contributed by atoms with E-state index in [0.717, 1.165) is 55.5 Å². The molecule has 0 spiro atoms. The smallest absolute Gasteiger partial charge is 0.168 e. The Morgan fingerprint density at radius 2 is 2.16 bits per heavy atom. The quantitative estimate of drug-likeness (QED) is 0.806. The van der Waals surface area contributed by atoms with Gasteiger partial charge in [0.25, 0.3) is 0 Å². The second kappa shape index (κ2) is 7.33. The molecule has 0 N–H and O–H groups in total. The van der Waals surface area contributed by atoms with E-state index in [1.54, 1.807) is 7.11 Å². The molecule has 1 aromatic rings. The summed E-state index contributed by atoms with van der Waals surface area (Å²) < 4.78 is 10.6. The summed E-state index contributed by atoms with van der Waals surface area (Å²) in [6, 6.07) is 4.31. The van der Waals surface area contributed by atoms with E-state index in [-0.39, 0.29) is 6.04 Å². The normalized spacial score (nSPS) is 22.7. The number of aromatic nitrogens is 1. The number of hydrazone groups is 1. The number of morpholine rings is 1. The van der Waals surface area contributed by atoms with E-state index in [2.05, 4.69) is 33.2 Å². The highest BCUT2D eigenvalue weighted by Crippen LogP contribution is 2.31. The molecule has 1 unspecified atom stereocenters. The monoisotopic (exact) mass is 341 g/mol. The number of nitrogens with zero attached hydrogens (tertiary/aromatic N) is 5. The average Bonchev–Trinajstić information content (AvgIpc) is 3.11.